The van der Waals surface area contributed by atoms with E-state index in [1.54, 1.807) is 61.5 Å². The predicted molar refractivity (Wildman–Crippen MR) is 139 cm³/mol. The molecule has 6 heteroatoms. The summed E-state index contributed by atoms with van der Waals surface area (Å²) in [5, 5.41) is 9.63. The smallest absolute Gasteiger partial charge is 0.201 e. The van der Waals surface area contributed by atoms with Gasteiger partial charge in [0, 0.05) is 5.56 Å². The fourth-order valence-electron chi connectivity index (χ4n) is 3.81. The Morgan fingerprint density at radius 3 is 2.08 bits per heavy atom. The van der Waals surface area contributed by atoms with Gasteiger partial charge in [0.1, 0.15) is 6.61 Å². The SMILES string of the molecule is C=CCCOc1ccc(-c2ccc(COc3ccc(-c4ccc(C(C)O)cc4)c(F)c3F)cc2)cc1F. The van der Waals surface area contributed by atoms with Crippen LogP contribution in [0.25, 0.3) is 22.3 Å². The number of rotatable bonds is 10. The molecule has 0 saturated carbocycles. The van der Waals surface area contributed by atoms with Crippen LogP contribution in [0.2, 0.25) is 0 Å². The van der Waals surface area contributed by atoms with Crippen molar-refractivity contribution in [3.8, 4) is 33.8 Å². The lowest BCUT2D eigenvalue weighted by Crippen LogP contribution is -2.00. The number of halogens is 3. The van der Waals surface area contributed by atoms with E-state index in [1.165, 1.54) is 18.2 Å². The van der Waals surface area contributed by atoms with E-state index in [9.17, 15) is 18.3 Å². The second kappa shape index (κ2) is 11.8. The molecule has 0 bridgehead atoms. The zero-order valence-electron chi connectivity index (χ0n) is 20.4. The Morgan fingerprint density at radius 1 is 0.784 bits per heavy atom. The molecule has 1 unspecified atom stereocenters. The molecule has 0 radical (unpaired) electrons. The van der Waals surface area contributed by atoms with E-state index in [0.717, 1.165) is 11.1 Å². The number of ether oxygens (including phenoxy) is 2. The molecule has 37 heavy (non-hydrogen) atoms. The average molecular weight is 505 g/mol. The summed E-state index contributed by atoms with van der Waals surface area (Å²) in [4.78, 5) is 0. The van der Waals surface area contributed by atoms with Gasteiger partial charge in [-0.25, -0.2) is 8.78 Å². The van der Waals surface area contributed by atoms with Crippen LogP contribution < -0.4 is 9.47 Å². The van der Waals surface area contributed by atoms with Gasteiger partial charge in [-0.3, -0.25) is 0 Å². The minimum absolute atomic E-state index is 0.0313. The number of aliphatic hydroxyl groups excluding tert-OH is 1. The van der Waals surface area contributed by atoms with Crippen LogP contribution in [0.15, 0.2) is 91.5 Å². The molecule has 0 fully saturated rings. The number of hydrogen-bond acceptors (Lipinski definition) is 3. The van der Waals surface area contributed by atoms with Crippen LogP contribution in [0.4, 0.5) is 13.2 Å². The molecule has 190 valence electrons. The minimum atomic E-state index is -1.07. The predicted octanol–water partition coefficient (Wildman–Crippen LogP) is 8.03. The Hall–Kier alpha value is -4.03. The fraction of sp³-hybridized carbons (Fsp3) is 0.161. The second-order valence-corrected chi connectivity index (χ2v) is 8.59. The van der Waals surface area contributed by atoms with Crippen molar-refractivity contribution in [3.63, 3.8) is 0 Å². The molecule has 0 heterocycles. The summed E-state index contributed by atoms with van der Waals surface area (Å²) < 4.78 is 54.8. The van der Waals surface area contributed by atoms with E-state index < -0.39 is 23.6 Å². The average Bonchev–Trinajstić information content (AvgIpc) is 2.91. The lowest BCUT2D eigenvalue weighted by molar-refractivity contribution is 0.199. The lowest BCUT2D eigenvalue weighted by Gasteiger charge is -2.12. The van der Waals surface area contributed by atoms with Gasteiger partial charge in [0.2, 0.25) is 5.82 Å². The van der Waals surface area contributed by atoms with Crippen molar-refractivity contribution in [2.75, 3.05) is 6.61 Å². The van der Waals surface area contributed by atoms with Crippen molar-refractivity contribution >= 4 is 0 Å². The quantitative estimate of drug-likeness (QED) is 0.176. The molecular formula is C31H27F3O3. The zero-order valence-corrected chi connectivity index (χ0v) is 20.4. The van der Waals surface area contributed by atoms with Crippen LogP contribution in [0.3, 0.4) is 0 Å². The first-order chi connectivity index (χ1) is 17.9. The summed E-state index contributed by atoms with van der Waals surface area (Å²) in [6.45, 7) is 5.64. The van der Waals surface area contributed by atoms with Crippen LogP contribution >= 0.6 is 0 Å². The van der Waals surface area contributed by atoms with Crippen LogP contribution in [-0.2, 0) is 6.61 Å². The Labute approximate surface area is 214 Å². The van der Waals surface area contributed by atoms with Crippen molar-refractivity contribution in [2.45, 2.75) is 26.1 Å². The number of benzene rings is 4. The first kappa shape index (κ1) is 26.0. The fourth-order valence-corrected chi connectivity index (χ4v) is 3.81. The normalized spacial score (nSPS) is 11.7. The van der Waals surface area contributed by atoms with Gasteiger partial charge in [-0.1, -0.05) is 60.7 Å². The number of aliphatic hydroxyl groups is 1. The number of hydrogen-bond donors (Lipinski definition) is 1. The monoisotopic (exact) mass is 504 g/mol. The maximum absolute atomic E-state index is 14.8. The Morgan fingerprint density at radius 2 is 1.43 bits per heavy atom. The Kier molecular flexibility index (Phi) is 8.31. The highest BCUT2D eigenvalue weighted by atomic mass is 19.2. The van der Waals surface area contributed by atoms with Crippen LogP contribution in [0.5, 0.6) is 11.5 Å². The molecule has 0 aliphatic carbocycles. The van der Waals surface area contributed by atoms with Crippen molar-refractivity contribution < 1.29 is 27.8 Å². The zero-order chi connectivity index (χ0) is 26.4. The minimum Gasteiger partial charge on any atom is -0.490 e. The topological polar surface area (TPSA) is 38.7 Å². The molecule has 4 aromatic carbocycles. The van der Waals surface area contributed by atoms with E-state index in [-0.39, 0.29) is 23.7 Å². The highest BCUT2D eigenvalue weighted by Crippen LogP contribution is 2.31. The maximum atomic E-state index is 14.8. The molecule has 4 aromatic rings. The molecule has 0 aromatic heterocycles. The molecule has 0 amide bonds. The van der Waals surface area contributed by atoms with Crippen molar-refractivity contribution in [1.29, 1.82) is 0 Å². The van der Waals surface area contributed by atoms with Crippen LogP contribution in [-0.4, -0.2) is 11.7 Å². The summed E-state index contributed by atoms with van der Waals surface area (Å²) in [6.07, 6.45) is 1.69. The van der Waals surface area contributed by atoms with Crippen LogP contribution in [0.1, 0.15) is 30.6 Å². The van der Waals surface area contributed by atoms with Gasteiger partial charge in [0.15, 0.2) is 23.1 Å². The van der Waals surface area contributed by atoms with Gasteiger partial charge >= 0.3 is 0 Å². The molecule has 3 nitrogen and oxygen atoms in total. The molecule has 0 aliphatic heterocycles. The summed E-state index contributed by atoms with van der Waals surface area (Å²) >= 11 is 0. The largest absolute Gasteiger partial charge is 0.490 e. The van der Waals surface area contributed by atoms with Gasteiger partial charge in [0.25, 0.3) is 0 Å². The van der Waals surface area contributed by atoms with E-state index in [1.807, 2.05) is 12.1 Å². The lowest BCUT2D eigenvalue weighted by atomic mass is 10.0. The van der Waals surface area contributed by atoms with Gasteiger partial charge in [-0.15, -0.1) is 6.58 Å². The van der Waals surface area contributed by atoms with Gasteiger partial charge in [-0.2, -0.15) is 4.39 Å². The third-order valence-electron chi connectivity index (χ3n) is 5.94. The van der Waals surface area contributed by atoms with Crippen molar-refractivity contribution in [3.05, 3.63) is 120 Å². The van der Waals surface area contributed by atoms with E-state index in [4.69, 9.17) is 9.47 Å². The molecule has 0 saturated heterocycles. The summed E-state index contributed by atoms with van der Waals surface area (Å²) in [7, 11) is 0. The van der Waals surface area contributed by atoms with E-state index >= 15 is 0 Å². The van der Waals surface area contributed by atoms with Gasteiger partial charge in [-0.05, 0) is 65.4 Å². The third kappa shape index (κ3) is 6.22. The highest BCUT2D eigenvalue weighted by molar-refractivity contribution is 5.66. The summed E-state index contributed by atoms with van der Waals surface area (Å²) in [6, 6.07) is 21.4. The summed E-state index contributed by atoms with van der Waals surface area (Å²) in [5.74, 6) is -2.53. The molecule has 0 aliphatic rings. The highest BCUT2D eigenvalue weighted by Gasteiger charge is 2.16. The molecule has 4 rings (SSSR count). The Balaban J connectivity index is 1.42. The van der Waals surface area contributed by atoms with Gasteiger partial charge in [0.05, 0.1) is 12.7 Å². The third-order valence-corrected chi connectivity index (χ3v) is 5.94. The first-order valence-electron chi connectivity index (χ1n) is 11.9. The van der Waals surface area contributed by atoms with E-state index in [0.29, 0.717) is 29.7 Å². The molecule has 1 atom stereocenters. The first-order valence-corrected chi connectivity index (χ1v) is 11.9. The Bertz CT molecular complexity index is 1360. The van der Waals surface area contributed by atoms with Crippen molar-refractivity contribution in [2.24, 2.45) is 0 Å². The molecular weight excluding hydrogens is 477 g/mol. The summed E-state index contributed by atoms with van der Waals surface area (Å²) in [5.41, 5.74) is 3.51. The maximum Gasteiger partial charge on any atom is 0.201 e. The molecule has 1 N–H and O–H groups in total. The molecule has 0 spiro atoms. The van der Waals surface area contributed by atoms with Gasteiger partial charge < -0.3 is 14.6 Å². The van der Waals surface area contributed by atoms with E-state index in [2.05, 4.69) is 6.58 Å². The van der Waals surface area contributed by atoms with Crippen molar-refractivity contribution in [1.82, 2.24) is 0 Å². The van der Waals surface area contributed by atoms with Crippen LogP contribution in [0, 0.1) is 17.5 Å². The second-order valence-electron chi connectivity index (χ2n) is 8.59. The standard InChI is InChI=1S/C31H27F3O3/c1-3-4-17-36-28-15-13-25(18-27(28)32)23-7-5-21(6-8-23)19-37-29-16-14-26(30(33)31(29)34)24-11-9-22(10-12-24)20(2)35/h3,5-16,18,20,35H,1,4,17,19H2,2H3.